The molecule has 0 fully saturated rings. The maximum atomic E-state index is 9.14. The summed E-state index contributed by atoms with van der Waals surface area (Å²) in [6, 6.07) is 23.3. The molecule has 0 atom stereocenters. The molecule has 2 rings (SSSR count). The maximum absolute atomic E-state index is 9.14. The van der Waals surface area contributed by atoms with Gasteiger partial charge in [0.05, 0.1) is 5.57 Å². The van der Waals surface area contributed by atoms with Crippen LogP contribution in [0.25, 0.3) is 5.57 Å². The van der Waals surface area contributed by atoms with Crippen LogP contribution in [0.2, 0.25) is 0 Å². The molecule has 0 heterocycles. The minimum absolute atomic E-state index is 0.130. The average molecular weight is 297 g/mol. The number of aryl methyl sites for hydroxylation is 2. The Hall–Kier alpha value is -3.35. The molecule has 0 bridgehead atoms. The minimum atomic E-state index is -0.149. The highest BCUT2D eigenvalue weighted by Gasteiger charge is 2.08. The van der Waals surface area contributed by atoms with Crippen LogP contribution >= 0.6 is 0 Å². The zero-order valence-electron chi connectivity index (χ0n) is 12.7. The predicted octanol–water partition coefficient (Wildman–Crippen LogP) is 4.19. The number of nitrogens with zero attached hydrogens (tertiary/aromatic N) is 3. The summed E-state index contributed by atoms with van der Waals surface area (Å²) in [6.07, 6.45) is 3.02. The lowest BCUT2D eigenvalue weighted by Crippen LogP contribution is -1.92. The second-order valence-electron chi connectivity index (χ2n) is 5.12. The van der Waals surface area contributed by atoms with Crippen LogP contribution in [0.1, 0.15) is 23.1 Å². The van der Waals surface area contributed by atoms with Gasteiger partial charge in [-0.25, -0.2) is 0 Å². The van der Waals surface area contributed by atoms with E-state index in [9.17, 15) is 0 Å². The Morgan fingerprint density at radius 2 is 1.26 bits per heavy atom. The molecule has 0 aliphatic heterocycles. The Morgan fingerprint density at radius 1 is 0.696 bits per heavy atom. The standard InChI is InChI=1S/C20H15N3/c21-13-19(14-22)20(15-23)18-11-9-17(10-12-18)8-4-7-16-5-2-1-3-6-16/h1-3,5-6,9-12H,4,7-8H2. The first kappa shape index (κ1) is 16.0. The van der Waals surface area contributed by atoms with Crippen LogP contribution in [0.3, 0.4) is 0 Å². The van der Waals surface area contributed by atoms with Gasteiger partial charge in [0.25, 0.3) is 0 Å². The normalized spacial score (nSPS) is 9.26. The van der Waals surface area contributed by atoms with Gasteiger partial charge in [-0.05, 0) is 36.0 Å². The molecule has 0 aliphatic carbocycles. The van der Waals surface area contributed by atoms with Crippen molar-refractivity contribution in [3.05, 3.63) is 76.9 Å². The molecular formula is C20H15N3. The summed E-state index contributed by atoms with van der Waals surface area (Å²) in [7, 11) is 0. The lowest BCUT2D eigenvalue weighted by molar-refractivity contribution is 0.820. The number of hydrogen-bond acceptors (Lipinski definition) is 3. The zero-order chi connectivity index (χ0) is 16.5. The molecule has 0 aromatic heterocycles. The van der Waals surface area contributed by atoms with Gasteiger partial charge in [0.1, 0.15) is 23.8 Å². The van der Waals surface area contributed by atoms with E-state index in [1.807, 2.05) is 36.4 Å². The summed E-state index contributed by atoms with van der Waals surface area (Å²) in [6.45, 7) is 0. The van der Waals surface area contributed by atoms with Gasteiger partial charge in [0.2, 0.25) is 0 Å². The molecule has 0 N–H and O–H groups in total. The van der Waals surface area contributed by atoms with Gasteiger partial charge in [-0.15, -0.1) is 0 Å². The van der Waals surface area contributed by atoms with Gasteiger partial charge < -0.3 is 0 Å². The Morgan fingerprint density at radius 3 is 1.78 bits per heavy atom. The van der Waals surface area contributed by atoms with E-state index in [1.165, 1.54) is 11.1 Å². The lowest BCUT2D eigenvalue weighted by atomic mass is 9.98. The molecule has 23 heavy (non-hydrogen) atoms. The van der Waals surface area contributed by atoms with Crippen molar-refractivity contribution in [1.29, 1.82) is 15.8 Å². The van der Waals surface area contributed by atoms with Gasteiger partial charge in [-0.3, -0.25) is 0 Å². The monoisotopic (exact) mass is 297 g/mol. The quantitative estimate of drug-likeness (QED) is 0.777. The zero-order valence-corrected chi connectivity index (χ0v) is 12.7. The first-order valence-corrected chi connectivity index (χ1v) is 7.36. The summed E-state index contributed by atoms with van der Waals surface area (Å²) in [5.41, 5.74) is 3.09. The van der Waals surface area contributed by atoms with Crippen molar-refractivity contribution in [2.45, 2.75) is 19.3 Å². The van der Waals surface area contributed by atoms with E-state index in [4.69, 9.17) is 15.8 Å². The van der Waals surface area contributed by atoms with Crippen molar-refractivity contribution in [1.82, 2.24) is 0 Å². The Bertz CT molecular complexity index is 794. The molecule has 0 saturated heterocycles. The van der Waals surface area contributed by atoms with E-state index in [0.717, 1.165) is 19.3 Å². The van der Waals surface area contributed by atoms with Gasteiger partial charge in [-0.1, -0.05) is 54.6 Å². The van der Waals surface area contributed by atoms with Crippen LogP contribution in [-0.2, 0) is 12.8 Å². The Labute approximate surface area is 136 Å². The molecule has 0 saturated carbocycles. The number of nitriles is 3. The fourth-order valence-electron chi connectivity index (χ4n) is 2.38. The molecule has 3 heteroatoms. The summed E-state index contributed by atoms with van der Waals surface area (Å²) >= 11 is 0. The van der Waals surface area contributed by atoms with Crippen molar-refractivity contribution in [2.24, 2.45) is 0 Å². The summed E-state index contributed by atoms with van der Waals surface area (Å²) in [4.78, 5) is 0. The highest BCUT2D eigenvalue weighted by Crippen LogP contribution is 2.19. The van der Waals surface area contributed by atoms with Crippen molar-refractivity contribution in [3.8, 4) is 18.2 Å². The highest BCUT2D eigenvalue weighted by atomic mass is 14.3. The number of rotatable bonds is 5. The van der Waals surface area contributed by atoms with Crippen molar-refractivity contribution in [3.63, 3.8) is 0 Å². The second kappa shape index (κ2) is 8.18. The fourth-order valence-corrected chi connectivity index (χ4v) is 2.38. The van der Waals surface area contributed by atoms with Crippen molar-refractivity contribution in [2.75, 3.05) is 0 Å². The van der Waals surface area contributed by atoms with Gasteiger partial charge in [0.15, 0.2) is 0 Å². The van der Waals surface area contributed by atoms with E-state index in [1.54, 1.807) is 24.3 Å². The predicted molar refractivity (Wildman–Crippen MR) is 88.7 cm³/mol. The molecule has 110 valence electrons. The third-order valence-electron chi connectivity index (χ3n) is 3.60. The SMILES string of the molecule is N#CC(C#N)=C(C#N)c1ccc(CCCc2ccccc2)cc1. The maximum Gasteiger partial charge on any atom is 0.148 e. The second-order valence-corrected chi connectivity index (χ2v) is 5.12. The van der Waals surface area contributed by atoms with E-state index in [-0.39, 0.29) is 11.1 Å². The van der Waals surface area contributed by atoms with E-state index in [2.05, 4.69) is 12.1 Å². The lowest BCUT2D eigenvalue weighted by Gasteiger charge is -2.04. The molecule has 0 amide bonds. The average Bonchev–Trinajstić information content (AvgIpc) is 2.61. The van der Waals surface area contributed by atoms with E-state index in [0.29, 0.717) is 5.56 Å². The topological polar surface area (TPSA) is 71.4 Å². The fraction of sp³-hybridized carbons (Fsp3) is 0.150. The molecule has 2 aromatic rings. The molecule has 0 aliphatic rings. The van der Waals surface area contributed by atoms with Gasteiger partial charge >= 0.3 is 0 Å². The van der Waals surface area contributed by atoms with Crippen LogP contribution in [0.5, 0.6) is 0 Å². The molecule has 3 nitrogen and oxygen atoms in total. The van der Waals surface area contributed by atoms with Crippen LogP contribution in [-0.4, -0.2) is 0 Å². The van der Waals surface area contributed by atoms with Crippen molar-refractivity contribution < 1.29 is 0 Å². The van der Waals surface area contributed by atoms with Crippen LogP contribution in [0.4, 0.5) is 0 Å². The van der Waals surface area contributed by atoms with Crippen LogP contribution in [0.15, 0.2) is 60.2 Å². The Kier molecular flexibility index (Phi) is 5.70. The van der Waals surface area contributed by atoms with Gasteiger partial charge in [0, 0.05) is 0 Å². The molecule has 0 unspecified atom stereocenters. The minimum Gasteiger partial charge on any atom is -0.192 e. The van der Waals surface area contributed by atoms with E-state index >= 15 is 0 Å². The smallest absolute Gasteiger partial charge is 0.148 e. The summed E-state index contributed by atoms with van der Waals surface area (Å²) in [5.74, 6) is 0. The number of hydrogen-bond donors (Lipinski definition) is 0. The summed E-state index contributed by atoms with van der Waals surface area (Å²) in [5, 5.41) is 26.9. The number of benzene rings is 2. The third-order valence-corrected chi connectivity index (χ3v) is 3.60. The molecule has 0 spiro atoms. The van der Waals surface area contributed by atoms with Crippen molar-refractivity contribution >= 4 is 5.57 Å². The third kappa shape index (κ3) is 4.31. The van der Waals surface area contributed by atoms with Crippen LogP contribution < -0.4 is 0 Å². The van der Waals surface area contributed by atoms with E-state index < -0.39 is 0 Å². The largest absolute Gasteiger partial charge is 0.192 e. The van der Waals surface area contributed by atoms with Gasteiger partial charge in [-0.2, -0.15) is 15.8 Å². The Balaban J connectivity index is 2.03. The molecular weight excluding hydrogens is 282 g/mol. The first-order valence-electron chi connectivity index (χ1n) is 7.36. The molecule has 2 aromatic carbocycles. The number of allylic oxidation sites excluding steroid dienone is 2. The summed E-state index contributed by atoms with van der Waals surface area (Å²) < 4.78 is 0. The first-order chi connectivity index (χ1) is 11.3. The highest BCUT2D eigenvalue weighted by molar-refractivity contribution is 5.84. The van der Waals surface area contributed by atoms with Crippen LogP contribution in [0, 0.1) is 34.0 Å². The molecule has 0 radical (unpaired) electrons.